The first kappa shape index (κ1) is 15.4. The summed E-state index contributed by atoms with van der Waals surface area (Å²) >= 11 is 6.41. The van der Waals surface area contributed by atoms with Crippen LogP contribution in [0.25, 0.3) is 6.08 Å². The van der Waals surface area contributed by atoms with Crippen LogP contribution in [0.1, 0.15) is 11.5 Å². The summed E-state index contributed by atoms with van der Waals surface area (Å²) in [5.41, 5.74) is 0.456. The van der Waals surface area contributed by atoms with Crippen LogP contribution >= 0.6 is 24.0 Å². The van der Waals surface area contributed by atoms with Crippen molar-refractivity contribution in [1.82, 2.24) is 0 Å². The quantitative estimate of drug-likeness (QED) is 0.363. The number of nitrogens with zero attached hydrogens (tertiary/aromatic N) is 2. The normalized spacial score (nSPS) is 16.4. The van der Waals surface area contributed by atoms with Gasteiger partial charge in [0.05, 0.1) is 15.5 Å². The second kappa shape index (κ2) is 5.98. The molecule has 0 atom stereocenters. The van der Waals surface area contributed by atoms with E-state index in [1.54, 1.807) is 12.1 Å². The van der Waals surface area contributed by atoms with E-state index in [2.05, 4.69) is 0 Å². The maximum absolute atomic E-state index is 12.5. The summed E-state index contributed by atoms with van der Waals surface area (Å²) in [6.07, 6.45) is 1.64. The molecular formula is C15H10N2O4S2. The number of non-ortho nitro benzene ring substituents is 1. The number of anilines is 1. The second-order valence-electron chi connectivity index (χ2n) is 4.74. The van der Waals surface area contributed by atoms with Crippen molar-refractivity contribution in [2.24, 2.45) is 0 Å². The first-order valence-corrected chi connectivity index (χ1v) is 7.77. The van der Waals surface area contributed by atoms with Gasteiger partial charge in [-0.05, 0) is 31.2 Å². The highest BCUT2D eigenvalue weighted by molar-refractivity contribution is 8.27. The SMILES string of the molecule is Cc1ccc(/C=C2/SC(=S)N(c3ccc([N+](=O)[O-])cc3)C2=O)o1. The Morgan fingerprint density at radius 1 is 1.26 bits per heavy atom. The second-order valence-corrected chi connectivity index (χ2v) is 6.41. The standard InChI is InChI=1S/C15H10N2O4S2/c1-9-2-7-12(21-9)8-13-14(18)16(15(22)23-13)10-3-5-11(6-4-10)17(19)20/h2-8H,1H3/b13-8+. The first-order valence-electron chi connectivity index (χ1n) is 6.54. The van der Waals surface area contributed by atoms with Gasteiger partial charge in [0.15, 0.2) is 4.32 Å². The Bertz CT molecular complexity index is 839. The van der Waals surface area contributed by atoms with Crippen molar-refractivity contribution >= 4 is 51.7 Å². The lowest BCUT2D eigenvalue weighted by Gasteiger charge is -2.13. The Balaban J connectivity index is 1.89. The summed E-state index contributed by atoms with van der Waals surface area (Å²) in [6, 6.07) is 9.27. The van der Waals surface area contributed by atoms with E-state index >= 15 is 0 Å². The van der Waals surface area contributed by atoms with E-state index in [1.807, 2.05) is 13.0 Å². The predicted molar refractivity (Wildman–Crippen MR) is 92.2 cm³/mol. The van der Waals surface area contributed by atoms with Crippen molar-refractivity contribution in [3.63, 3.8) is 0 Å². The van der Waals surface area contributed by atoms with Crippen LogP contribution < -0.4 is 4.90 Å². The Morgan fingerprint density at radius 3 is 2.52 bits per heavy atom. The molecular weight excluding hydrogens is 336 g/mol. The number of amides is 1. The zero-order valence-corrected chi connectivity index (χ0v) is 13.5. The first-order chi connectivity index (χ1) is 11.0. The smallest absolute Gasteiger partial charge is 0.270 e. The number of benzene rings is 1. The van der Waals surface area contributed by atoms with Crippen LogP contribution in [0.2, 0.25) is 0 Å². The number of carbonyl (C=O) groups excluding carboxylic acids is 1. The molecule has 0 radical (unpaired) electrons. The Labute approximate surface area is 140 Å². The molecule has 1 saturated heterocycles. The van der Waals surface area contributed by atoms with E-state index in [0.29, 0.717) is 20.7 Å². The number of aryl methyl sites for hydroxylation is 1. The van der Waals surface area contributed by atoms with Gasteiger partial charge in [-0.3, -0.25) is 19.8 Å². The average molecular weight is 346 g/mol. The van der Waals surface area contributed by atoms with E-state index in [0.717, 1.165) is 5.76 Å². The lowest BCUT2D eigenvalue weighted by molar-refractivity contribution is -0.384. The molecule has 23 heavy (non-hydrogen) atoms. The molecule has 1 fully saturated rings. The van der Waals surface area contributed by atoms with E-state index in [-0.39, 0.29) is 11.6 Å². The van der Waals surface area contributed by atoms with Gasteiger partial charge in [0.2, 0.25) is 0 Å². The van der Waals surface area contributed by atoms with Crippen molar-refractivity contribution in [2.75, 3.05) is 4.90 Å². The molecule has 0 saturated carbocycles. The summed E-state index contributed by atoms with van der Waals surface area (Å²) in [4.78, 5) is 24.5. The summed E-state index contributed by atoms with van der Waals surface area (Å²) < 4.78 is 5.81. The molecule has 1 aliphatic rings. The minimum absolute atomic E-state index is 0.0409. The Hall–Kier alpha value is -2.45. The molecule has 0 N–H and O–H groups in total. The van der Waals surface area contributed by atoms with E-state index in [9.17, 15) is 14.9 Å². The molecule has 1 aliphatic heterocycles. The van der Waals surface area contributed by atoms with Crippen molar-refractivity contribution in [3.05, 3.63) is 62.9 Å². The topological polar surface area (TPSA) is 76.6 Å². The van der Waals surface area contributed by atoms with Crippen molar-refractivity contribution in [2.45, 2.75) is 6.92 Å². The largest absolute Gasteiger partial charge is 0.462 e. The van der Waals surface area contributed by atoms with Crippen LogP contribution in [-0.2, 0) is 4.79 Å². The van der Waals surface area contributed by atoms with Crippen LogP contribution in [0.5, 0.6) is 0 Å². The number of thioether (sulfide) groups is 1. The molecule has 0 bridgehead atoms. The van der Waals surface area contributed by atoms with Gasteiger partial charge >= 0.3 is 0 Å². The average Bonchev–Trinajstić information content (AvgIpc) is 3.03. The molecule has 1 aromatic carbocycles. The molecule has 0 spiro atoms. The molecule has 6 nitrogen and oxygen atoms in total. The number of nitro benzene ring substituents is 1. The van der Waals surface area contributed by atoms with Crippen LogP contribution in [0.15, 0.2) is 45.7 Å². The van der Waals surface area contributed by atoms with Crippen LogP contribution in [0.3, 0.4) is 0 Å². The molecule has 116 valence electrons. The van der Waals surface area contributed by atoms with Gasteiger partial charge < -0.3 is 4.42 Å². The van der Waals surface area contributed by atoms with Crippen LogP contribution in [-0.4, -0.2) is 15.2 Å². The fraction of sp³-hybridized carbons (Fsp3) is 0.0667. The number of carbonyl (C=O) groups is 1. The molecule has 2 aromatic rings. The molecule has 8 heteroatoms. The van der Waals surface area contributed by atoms with Gasteiger partial charge in [-0.15, -0.1) is 0 Å². The Kier molecular flexibility index (Phi) is 4.01. The molecule has 3 rings (SSSR count). The zero-order valence-electron chi connectivity index (χ0n) is 11.9. The van der Waals surface area contributed by atoms with Crippen molar-refractivity contribution in [1.29, 1.82) is 0 Å². The number of hydrogen-bond donors (Lipinski definition) is 0. The van der Waals surface area contributed by atoms with Crippen molar-refractivity contribution < 1.29 is 14.1 Å². The lowest BCUT2D eigenvalue weighted by atomic mass is 10.2. The number of nitro groups is 1. The summed E-state index contributed by atoms with van der Waals surface area (Å²) in [6.45, 7) is 1.82. The van der Waals surface area contributed by atoms with Crippen LogP contribution in [0.4, 0.5) is 11.4 Å². The fourth-order valence-corrected chi connectivity index (χ4v) is 3.35. The summed E-state index contributed by atoms with van der Waals surface area (Å²) in [5, 5.41) is 10.7. The minimum atomic E-state index is -0.493. The monoisotopic (exact) mass is 346 g/mol. The molecule has 1 amide bonds. The Morgan fingerprint density at radius 2 is 1.96 bits per heavy atom. The highest BCUT2D eigenvalue weighted by atomic mass is 32.2. The molecule has 1 aromatic heterocycles. The van der Waals surface area contributed by atoms with Gasteiger partial charge in [0.25, 0.3) is 11.6 Å². The van der Waals surface area contributed by atoms with E-state index < -0.39 is 4.92 Å². The lowest BCUT2D eigenvalue weighted by Crippen LogP contribution is -2.27. The maximum Gasteiger partial charge on any atom is 0.270 e. The predicted octanol–water partition coefficient (Wildman–Crippen LogP) is 3.90. The number of thiocarbonyl (C=S) groups is 1. The third kappa shape index (κ3) is 3.03. The van der Waals surface area contributed by atoms with Crippen molar-refractivity contribution in [3.8, 4) is 0 Å². The van der Waals surface area contributed by atoms with Gasteiger partial charge in [0.1, 0.15) is 11.5 Å². The molecule has 0 aliphatic carbocycles. The van der Waals surface area contributed by atoms with Gasteiger partial charge in [-0.25, -0.2) is 0 Å². The number of hydrogen-bond acceptors (Lipinski definition) is 6. The third-order valence-electron chi connectivity index (χ3n) is 3.15. The number of furan rings is 1. The zero-order chi connectivity index (χ0) is 16.6. The van der Waals surface area contributed by atoms with E-state index in [1.165, 1.54) is 40.9 Å². The summed E-state index contributed by atoms with van der Waals surface area (Å²) in [7, 11) is 0. The maximum atomic E-state index is 12.5. The number of rotatable bonds is 3. The highest BCUT2D eigenvalue weighted by Crippen LogP contribution is 2.36. The van der Waals surface area contributed by atoms with Gasteiger partial charge in [0, 0.05) is 18.2 Å². The van der Waals surface area contributed by atoms with Crippen LogP contribution in [0, 0.1) is 17.0 Å². The molecule has 2 heterocycles. The fourth-order valence-electron chi connectivity index (χ4n) is 2.07. The van der Waals surface area contributed by atoms with Gasteiger partial charge in [-0.2, -0.15) is 0 Å². The van der Waals surface area contributed by atoms with E-state index in [4.69, 9.17) is 16.6 Å². The van der Waals surface area contributed by atoms with Gasteiger partial charge in [-0.1, -0.05) is 24.0 Å². The third-order valence-corrected chi connectivity index (χ3v) is 4.45. The minimum Gasteiger partial charge on any atom is -0.462 e. The highest BCUT2D eigenvalue weighted by Gasteiger charge is 2.33. The summed E-state index contributed by atoms with van der Waals surface area (Å²) in [5.74, 6) is 1.05. The molecule has 0 unspecified atom stereocenters.